The number of hydrogen-bond acceptors (Lipinski definition) is 4. The maximum atomic E-state index is 12.6. The molecule has 3 rings (SSSR count). The van der Waals surface area contributed by atoms with Gasteiger partial charge in [-0.3, -0.25) is 9.59 Å². The molecule has 0 spiro atoms. The van der Waals surface area contributed by atoms with Crippen LogP contribution < -0.4 is 10.6 Å². The molecule has 0 atom stereocenters. The highest BCUT2D eigenvalue weighted by Crippen LogP contribution is 2.15. The summed E-state index contributed by atoms with van der Waals surface area (Å²) in [7, 11) is 0. The molecule has 0 aliphatic carbocycles. The number of anilines is 2. The normalized spacial score (nSPS) is 10.5. The molecule has 0 unspecified atom stereocenters. The van der Waals surface area contributed by atoms with Crippen molar-refractivity contribution >= 4 is 23.2 Å². The van der Waals surface area contributed by atoms with Gasteiger partial charge in [0.25, 0.3) is 11.8 Å². The molecule has 30 heavy (non-hydrogen) atoms. The van der Waals surface area contributed by atoms with E-state index >= 15 is 0 Å². The highest BCUT2D eigenvalue weighted by Gasteiger charge is 2.11. The maximum absolute atomic E-state index is 12.6. The van der Waals surface area contributed by atoms with Gasteiger partial charge in [0.15, 0.2) is 0 Å². The fourth-order valence-electron chi connectivity index (χ4n) is 2.98. The van der Waals surface area contributed by atoms with Crippen LogP contribution in [0.25, 0.3) is 0 Å². The van der Waals surface area contributed by atoms with Crippen LogP contribution in [0.3, 0.4) is 0 Å². The van der Waals surface area contributed by atoms with Gasteiger partial charge in [-0.05, 0) is 66.4 Å². The van der Waals surface area contributed by atoms with E-state index in [0.29, 0.717) is 35.3 Å². The van der Waals surface area contributed by atoms with Gasteiger partial charge in [-0.1, -0.05) is 30.3 Å². The van der Waals surface area contributed by atoms with Crippen LogP contribution in [0, 0.1) is 0 Å². The number of rotatable bonds is 8. The van der Waals surface area contributed by atoms with Crippen LogP contribution in [0.5, 0.6) is 0 Å². The summed E-state index contributed by atoms with van der Waals surface area (Å²) in [6.07, 6.45) is 1.13. The fourth-order valence-corrected chi connectivity index (χ4v) is 2.98. The van der Waals surface area contributed by atoms with Gasteiger partial charge in [-0.25, -0.2) is 0 Å². The first-order chi connectivity index (χ1) is 14.6. The quantitative estimate of drug-likeness (QED) is 0.463. The van der Waals surface area contributed by atoms with Crippen molar-refractivity contribution in [2.45, 2.75) is 12.8 Å². The molecule has 2 amide bonds. The van der Waals surface area contributed by atoms with Crippen molar-refractivity contribution in [2.75, 3.05) is 23.8 Å². The number of benzene rings is 3. The van der Waals surface area contributed by atoms with Gasteiger partial charge in [0.05, 0.1) is 0 Å². The number of carbonyl (C=O) groups is 2. The van der Waals surface area contributed by atoms with Gasteiger partial charge >= 0.3 is 0 Å². The lowest BCUT2D eigenvalue weighted by atomic mass is 10.1. The highest BCUT2D eigenvalue weighted by atomic mass is 16.3. The maximum Gasteiger partial charge on any atom is 0.255 e. The Balaban J connectivity index is 1.65. The van der Waals surface area contributed by atoms with Crippen LogP contribution in [0.2, 0.25) is 0 Å². The molecule has 6 nitrogen and oxygen atoms in total. The smallest absolute Gasteiger partial charge is 0.255 e. The number of carbonyl (C=O) groups excluding carboxylic acids is 2. The molecule has 3 aromatic rings. The van der Waals surface area contributed by atoms with E-state index in [9.17, 15) is 9.59 Å². The van der Waals surface area contributed by atoms with Crippen molar-refractivity contribution in [3.63, 3.8) is 0 Å². The van der Waals surface area contributed by atoms with Gasteiger partial charge in [-0.15, -0.1) is 0 Å². The van der Waals surface area contributed by atoms with Crippen molar-refractivity contribution in [3.8, 4) is 0 Å². The molecule has 3 aromatic carbocycles. The molecule has 0 heterocycles. The summed E-state index contributed by atoms with van der Waals surface area (Å²) in [5, 5.41) is 23.6. The summed E-state index contributed by atoms with van der Waals surface area (Å²) in [4.78, 5) is 25.1. The zero-order valence-electron chi connectivity index (χ0n) is 16.5. The molecule has 4 N–H and O–H groups in total. The molecule has 0 aromatic heterocycles. The largest absolute Gasteiger partial charge is 0.396 e. The second kappa shape index (κ2) is 10.3. The Morgan fingerprint density at radius 1 is 0.633 bits per heavy atom. The number of nitrogens with one attached hydrogen (secondary N) is 2. The van der Waals surface area contributed by atoms with Crippen molar-refractivity contribution in [2.24, 2.45) is 0 Å². The number of amides is 2. The SMILES string of the molecule is O=C(Nc1ccc(CCO)cc1)c1cccc(C(=O)Nc2ccc(CCO)cc2)c1. The number of hydrogen-bond donors (Lipinski definition) is 4. The van der Waals surface area contributed by atoms with E-state index < -0.39 is 0 Å². The molecule has 0 saturated carbocycles. The first-order valence-electron chi connectivity index (χ1n) is 9.71. The Morgan fingerprint density at radius 3 is 1.40 bits per heavy atom. The van der Waals surface area contributed by atoms with E-state index in [1.54, 1.807) is 48.5 Å². The third kappa shape index (κ3) is 5.76. The van der Waals surface area contributed by atoms with E-state index in [0.717, 1.165) is 11.1 Å². The van der Waals surface area contributed by atoms with E-state index in [4.69, 9.17) is 10.2 Å². The summed E-state index contributed by atoms with van der Waals surface area (Å²) in [5.74, 6) is -0.624. The van der Waals surface area contributed by atoms with Crippen molar-refractivity contribution in [1.29, 1.82) is 0 Å². The van der Waals surface area contributed by atoms with Crippen LogP contribution in [-0.2, 0) is 12.8 Å². The molecule has 6 heteroatoms. The average Bonchev–Trinajstić information content (AvgIpc) is 2.77. The van der Waals surface area contributed by atoms with Crippen LogP contribution in [0.4, 0.5) is 11.4 Å². The van der Waals surface area contributed by atoms with Gasteiger partial charge in [0, 0.05) is 35.7 Å². The lowest BCUT2D eigenvalue weighted by molar-refractivity contribution is 0.102. The third-order valence-corrected chi connectivity index (χ3v) is 4.61. The zero-order chi connectivity index (χ0) is 21.3. The summed E-state index contributed by atoms with van der Waals surface area (Å²) in [5.41, 5.74) is 4.00. The highest BCUT2D eigenvalue weighted by molar-refractivity contribution is 6.08. The first-order valence-corrected chi connectivity index (χ1v) is 9.71. The molecule has 0 radical (unpaired) electrons. The predicted octanol–water partition coefficient (Wildman–Crippen LogP) is 3.26. The van der Waals surface area contributed by atoms with Crippen molar-refractivity contribution in [1.82, 2.24) is 0 Å². The minimum atomic E-state index is -0.312. The van der Waals surface area contributed by atoms with Crippen molar-refractivity contribution in [3.05, 3.63) is 95.1 Å². The minimum absolute atomic E-state index is 0.0768. The van der Waals surface area contributed by atoms with Crippen molar-refractivity contribution < 1.29 is 19.8 Å². The second-order valence-corrected chi connectivity index (χ2v) is 6.83. The molecule has 0 bridgehead atoms. The molecule has 154 valence electrons. The summed E-state index contributed by atoms with van der Waals surface area (Å²) in [6.45, 7) is 0.154. The molecular formula is C24H24N2O4. The van der Waals surface area contributed by atoms with Crippen LogP contribution in [0.1, 0.15) is 31.8 Å². The van der Waals surface area contributed by atoms with Gasteiger partial charge < -0.3 is 20.8 Å². The van der Waals surface area contributed by atoms with E-state index in [1.807, 2.05) is 24.3 Å². The summed E-state index contributed by atoms with van der Waals surface area (Å²) >= 11 is 0. The topological polar surface area (TPSA) is 98.7 Å². The molecule has 0 aliphatic heterocycles. The van der Waals surface area contributed by atoms with E-state index in [1.165, 1.54) is 0 Å². The van der Waals surface area contributed by atoms with Gasteiger partial charge in [-0.2, -0.15) is 0 Å². The monoisotopic (exact) mass is 404 g/mol. The number of aliphatic hydroxyl groups is 2. The Labute approximate surface area is 175 Å². The molecule has 0 fully saturated rings. The van der Waals surface area contributed by atoms with E-state index in [-0.39, 0.29) is 25.0 Å². The second-order valence-electron chi connectivity index (χ2n) is 6.83. The predicted molar refractivity (Wildman–Crippen MR) is 117 cm³/mol. The Morgan fingerprint density at radius 2 is 1.03 bits per heavy atom. The minimum Gasteiger partial charge on any atom is -0.396 e. The Hall–Kier alpha value is -3.48. The van der Waals surface area contributed by atoms with Crippen LogP contribution >= 0.6 is 0 Å². The standard InChI is InChI=1S/C24H24N2O4/c27-14-12-17-4-8-21(9-5-17)25-23(29)19-2-1-3-20(16-19)24(30)26-22-10-6-18(7-11-22)13-15-28/h1-11,16,27-28H,12-15H2,(H,25,29)(H,26,30). The number of aliphatic hydroxyl groups excluding tert-OH is 2. The lowest BCUT2D eigenvalue weighted by Gasteiger charge is -2.09. The van der Waals surface area contributed by atoms with Crippen LogP contribution in [-0.4, -0.2) is 35.2 Å². The Kier molecular flexibility index (Phi) is 7.32. The third-order valence-electron chi connectivity index (χ3n) is 4.61. The van der Waals surface area contributed by atoms with Gasteiger partial charge in [0.1, 0.15) is 0 Å². The average molecular weight is 404 g/mol. The van der Waals surface area contributed by atoms with Crippen LogP contribution in [0.15, 0.2) is 72.8 Å². The Bertz CT molecular complexity index is 920. The summed E-state index contributed by atoms with van der Waals surface area (Å²) < 4.78 is 0. The lowest BCUT2D eigenvalue weighted by Crippen LogP contribution is -2.15. The fraction of sp³-hybridized carbons (Fsp3) is 0.167. The van der Waals surface area contributed by atoms with E-state index in [2.05, 4.69) is 10.6 Å². The summed E-state index contributed by atoms with van der Waals surface area (Å²) in [6, 6.07) is 21.0. The molecule has 0 saturated heterocycles. The zero-order valence-corrected chi connectivity index (χ0v) is 16.5. The molecule has 0 aliphatic rings. The first kappa shape index (κ1) is 21.2. The van der Waals surface area contributed by atoms with Gasteiger partial charge in [0.2, 0.25) is 0 Å². The molecular weight excluding hydrogens is 380 g/mol.